The minimum absolute atomic E-state index is 0.196. The van der Waals surface area contributed by atoms with E-state index in [4.69, 9.17) is 20.2 Å². The highest BCUT2D eigenvalue weighted by molar-refractivity contribution is 8.13. The minimum atomic E-state index is -3.49. The van der Waals surface area contributed by atoms with Crippen LogP contribution in [-0.2, 0) is 18.5 Å². The maximum Gasteiger partial charge on any atom is 0.235 e. The second kappa shape index (κ2) is 3.14. The monoisotopic (exact) mass is 214 g/mol. The summed E-state index contributed by atoms with van der Waals surface area (Å²) in [6, 6.07) is 0. The molecule has 0 bridgehead atoms. The molecule has 12 heavy (non-hydrogen) atoms. The van der Waals surface area contributed by atoms with Crippen molar-refractivity contribution in [2.24, 2.45) is 0 Å². The molecule has 1 rings (SSSR count). The first-order valence-corrected chi connectivity index (χ1v) is 6.00. The first-order chi connectivity index (χ1) is 5.29. The predicted octanol–water partition coefficient (Wildman–Crippen LogP) is 0.707. The van der Waals surface area contributed by atoms with E-state index in [0.29, 0.717) is 0 Å². The highest BCUT2D eigenvalue weighted by Crippen LogP contribution is 2.23. The van der Waals surface area contributed by atoms with Gasteiger partial charge in [-0.25, -0.2) is 8.42 Å². The van der Waals surface area contributed by atoms with Crippen LogP contribution in [0.1, 0.15) is 13.8 Å². The molecule has 0 aromatic carbocycles. The molecule has 4 nitrogen and oxygen atoms in total. The molecule has 1 atom stereocenters. The molecule has 0 aliphatic carbocycles. The number of hydrogen-bond acceptors (Lipinski definition) is 4. The lowest BCUT2D eigenvalue weighted by atomic mass is 10.4. The molecule has 0 aromatic heterocycles. The summed E-state index contributed by atoms with van der Waals surface area (Å²) in [4.78, 5) is 0. The average Bonchev–Trinajstić information content (AvgIpc) is 2.05. The zero-order valence-corrected chi connectivity index (χ0v) is 8.48. The third-order valence-corrected chi connectivity index (χ3v) is 2.60. The normalized spacial score (nSPS) is 29.1. The summed E-state index contributed by atoms with van der Waals surface area (Å²) in [6.07, 6.45) is -0.442. The van der Waals surface area contributed by atoms with Crippen LogP contribution in [0.2, 0.25) is 0 Å². The van der Waals surface area contributed by atoms with Crippen molar-refractivity contribution in [1.82, 2.24) is 0 Å². The van der Waals surface area contributed by atoms with Gasteiger partial charge in [0.2, 0.25) is 9.05 Å². The summed E-state index contributed by atoms with van der Waals surface area (Å²) in [7, 11) is 1.55. The zero-order valence-electron chi connectivity index (χ0n) is 6.91. The van der Waals surface area contributed by atoms with Gasteiger partial charge in [0.15, 0.2) is 5.79 Å². The molecule has 0 amide bonds. The van der Waals surface area contributed by atoms with Crippen LogP contribution in [0, 0.1) is 0 Å². The van der Waals surface area contributed by atoms with Crippen LogP contribution < -0.4 is 0 Å². The van der Waals surface area contributed by atoms with Gasteiger partial charge in [0.25, 0.3) is 0 Å². The SMILES string of the molecule is CC1(C)OCC(CS(=O)(=O)Cl)O1. The summed E-state index contributed by atoms with van der Waals surface area (Å²) in [5.74, 6) is -0.885. The van der Waals surface area contributed by atoms with Gasteiger partial charge < -0.3 is 9.47 Å². The van der Waals surface area contributed by atoms with Gasteiger partial charge in [-0.3, -0.25) is 0 Å². The molecule has 1 fully saturated rings. The Labute approximate surface area is 76.2 Å². The fourth-order valence-corrected chi connectivity index (χ4v) is 2.10. The third-order valence-electron chi connectivity index (χ3n) is 1.45. The molecule has 0 saturated carbocycles. The van der Waals surface area contributed by atoms with Crippen LogP contribution >= 0.6 is 10.7 Å². The van der Waals surface area contributed by atoms with E-state index < -0.39 is 20.9 Å². The van der Waals surface area contributed by atoms with E-state index in [1.165, 1.54) is 0 Å². The Morgan fingerprint density at radius 3 is 2.50 bits per heavy atom. The van der Waals surface area contributed by atoms with Crippen molar-refractivity contribution in [3.8, 4) is 0 Å². The zero-order chi connectivity index (χ0) is 9.41. The second-order valence-corrected chi connectivity index (χ2v) is 5.98. The van der Waals surface area contributed by atoms with E-state index in [1.807, 2.05) is 0 Å². The molecule has 0 spiro atoms. The van der Waals surface area contributed by atoms with Gasteiger partial charge in [-0.05, 0) is 13.8 Å². The Morgan fingerprint density at radius 1 is 1.58 bits per heavy atom. The van der Waals surface area contributed by atoms with Crippen molar-refractivity contribution in [2.75, 3.05) is 12.4 Å². The number of ether oxygens (including phenoxy) is 2. The maximum atomic E-state index is 10.6. The number of hydrogen-bond donors (Lipinski definition) is 0. The van der Waals surface area contributed by atoms with Gasteiger partial charge >= 0.3 is 0 Å². The summed E-state index contributed by atoms with van der Waals surface area (Å²) >= 11 is 0. The Kier molecular flexibility index (Phi) is 2.68. The quantitative estimate of drug-likeness (QED) is 0.636. The fourth-order valence-electron chi connectivity index (χ4n) is 1.07. The lowest BCUT2D eigenvalue weighted by molar-refractivity contribution is -0.135. The van der Waals surface area contributed by atoms with Gasteiger partial charge in [0, 0.05) is 10.7 Å². The van der Waals surface area contributed by atoms with E-state index in [2.05, 4.69) is 0 Å². The summed E-state index contributed by atoms with van der Waals surface area (Å²) in [6.45, 7) is 3.74. The van der Waals surface area contributed by atoms with Gasteiger partial charge in [0.05, 0.1) is 18.5 Å². The van der Waals surface area contributed by atoms with E-state index in [1.54, 1.807) is 13.8 Å². The molecule has 72 valence electrons. The van der Waals surface area contributed by atoms with Gasteiger partial charge in [-0.15, -0.1) is 0 Å². The number of halogens is 1. The Bertz CT molecular complexity index is 259. The lowest BCUT2D eigenvalue weighted by Gasteiger charge is -2.16. The molecule has 1 unspecified atom stereocenters. The second-order valence-electron chi connectivity index (χ2n) is 3.16. The van der Waals surface area contributed by atoms with Crippen molar-refractivity contribution in [3.05, 3.63) is 0 Å². The summed E-state index contributed by atoms with van der Waals surface area (Å²) in [5.41, 5.74) is 0. The van der Waals surface area contributed by atoms with Crippen LogP contribution in [0.5, 0.6) is 0 Å². The Balaban J connectivity index is 2.49. The topological polar surface area (TPSA) is 52.6 Å². The smallest absolute Gasteiger partial charge is 0.235 e. The summed E-state index contributed by atoms with van der Waals surface area (Å²) < 4.78 is 31.6. The van der Waals surface area contributed by atoms with E-state index in [0.717, 1.165) is 0 Å². The predicted molar refractivity (Wildman–Crippen MR) is 44.5 cm³/mol. The molecule has 0 aromatic rings. The first-order valence-electron chi connectivity index (χ1n) is 3.53. The van der Waals surface area contributed by atoms with Crippen molar-refractivity contribution in [3.63, 3.8) is 0 Å². The molecule has 6 heteroatoms. The van der Waals surface area contributed by atoms with E-state index in [-0.39, 0.29) is 12.4 Å². The molecular weight excluding hydrogens is 204 g/mol. The van der Waals surface area contributed by atoms with Crippen LogP contribution in [0.3, 0.4) is 0 Å². The van der Waals surface area contributed by atoms with Crippen LogP contribution in [0.25, 0.3) is 0 Å². The van der Waals surface area contributed by atoms with Gasteiger partial charge in [0.1, 0.15) is 0 Å². The van der Waals surface area contributed by atoms with Crippen molar-refractivity contribution >= 4 is 19.7 Å². The first kappa shape index (κ1) is 10.2. The van der Waals surface area contributed by atoms with Crippen molar-refractivity contribution in [2.45, 2.75) is 25.7 Å². The highest BCUT2D eigenvalue weighted by Gasteiger charge is 2.34. The molecule has 1 aliphatic rings. The summed E-state index contributed by atoms with van der Waals surface area (Å²) in [5, 5.41) is 0. The molecule has 0 radical (unpaired) electrons. The largest absolute Gasteiger partial charge is 0.348 e. The van der Waals surface area contributed by atoms with Crippen molar-refractivity contribution < 1.29 is 17.9 Å². The third kappa shape index (κ3) is 3.26. The molecule has 1 saturated heterocycles. The maximum absolute atomic E-state index is 10.6. The molecule has 1 heterocycles. The lowest BCUT2D eigenvalue weighted by Crippen LogP contribution is -2.24. The molecule has 0 N–H and O–H groups in total. The van der Waals surface area contributed by atoms with E-state index in [9.17, 15) is 8.42 Å². The highest BCUT2D eigenvalue weighted by atomic mass is 35.7. The van der Waals surface area contributed by atoms with Crippen LogP contribution in [0.15, 0.2) is 0 Å². The Hall–Kier alpha value is 0.160. The van der Waals surface area contributed by atoms with Gasteiger partial charge in [-0.1, -0.05) is 0 Å². The van der Waals surface area contributed by atoms with Crippen LogP contribution in [0.4, 0.5) is 0 Å². The van der Waals surface area contributed by atoms with Crippen LogP contribution in [-0.4, -0.2) is 32.7 Å². The Morgan fingerprint density at radius 2 is 2.17 bits per heavy atom. The fraction of sp³-hybridized carbons (Fsp3) is 1.00. The van der Waals surface area contributed by atoms with Crippen molar-refractivity contribution in [1.29, 1.82) is 0 Å². The molecular formula is C6H11ClO4S. The molecule has 1 aliphatic heterocycles. The standard InChI is InChI=1S/C6H11ClO4S/c1-6(2)10-3-5(11-6)4-12(7,8)9/h5H,3-4H2,1-2H3. The average molecular weight is 215 g/mol. The van der Waals surface area contributed by atoms with Gasteiger partial charge in [-0.2, -0.15) is 0 Å². The van der Waals surface area contributed by atoms with E-state index >= 15 is 0 Å². The number of rotatable bonds is 2. The minimum Gasteiger partial charge on any atom is -0.348 e.